The van der Waals surface area contributed by atoms with Crippen molar-refractivity contribution in [3.8, 4) is 11.4 Å². The lowest BCUT2D eigenvalue weighted by Crippen LogP contribution is -2.29. The molecule has 172 valence electrons. The van der Waals surface area contributed by atoms with Gasteiger partial charge in [-0.2, -0.15) is 0 Å². The number of halogens is 1. The topological polar surface area (TPSA) is 53.3 Å². The van der Waals surface area contributed by atoms with Crippen LogP contribution in [0.5, 0.6) is 5.75 Å². The Labute approximate surface area is 209 Å². The zero-order valence-electron chi connectivity index (χ0n) is 19.2. The number of aryl methyl sites for hydroxylation is 1. The largest absolute Gasteiger partial charge is 0.508 e. The fourth-order valence-electron chi connectivity index (χ4n) is 4.86. The van der Waals surface area contributed by atoms with E-state index in [4.69, 9.17) is 23.8 Å². The lowest BCUT2D eigenvalue weighted by atomic mass is 9.96. The monoisotopic (exact) mass is 488 g/mol. The zero-order valence-corrected chi connectivity index (χ0v) is 20.7. The fourth-order valence-corrected chi connectivity index (χ4v) is 5.37. The molecular weight excluding hydrogens is 464 g/mol. The standard InChI is InChI=1S/C27H25ClN4OS/c1-16-15-21(18(3)31(16)24-9-6-7-22(28)17(24)2)26-25(23-8-4-5-14-29-23)30-27(34)32(26)19-10-12-20(33)13-11-19/h4-15,25-26,33H,1-3H3,(H,30,34). The highest BCUT2D eigenvalue weighted by atomic mass is 35.5. The Morgan fingerprint density at radius 1 is 1.00 bits per heavy atom. The first-order valence-electron chi connectivity index (χ1n) is 11.1. The third-order valence-electron chi connectivity index (χ3n) is 6.49. The van der Waals surface area contributed by atoms with Gasteiger partial charge in [0.1, 0.15) is 5.75 Å². The number of phenolic OH excluding ortho intramolecular Hbond substituents is 1. The molecule has 1 aliphatic rings. The first-order valence-corrected chi connectivity index (χ1v) is 11.9. The molecule has 3 heterocycles. The second kappa shape index (κ2) is 8.78. The number of hydrogen-bond donors (Lipinski definition) is 2. The Hall–Kier alpha value is -3.35. The van der Waals surface area contributed by atoms with Crippen molar-refractivity contribution < 1.29 is 5.11 Å². The third-order valence-corrected chi connectivity index (χ3v) is 7.22. The van der Waals surface area contributed by atoms with Crippen LogP contribution < -0.4 is 10.2 Å². The van der Waals surface area contributed by atoms with Gasteiger partial charge in [0.15, 0.2) is 5.11 Å². The van der Waals surface area contributed by atoms with E-state index in [2.05, 4.69) is 45.7 Å². The van der Waals surface area contributed by atoms with Gasteiger partial charge in [-0.05, 0) is 98.7 Å². The van der Waals surface area contributed by atoms with Gasteiger partial charge in [-0.15, -0.1) is 0 Å². The van der Waals surface area contributed by atoms with Crippen molar-refractivity contribution in [2.75, 3.05) is 4.90 Å². The lowest BCUT2D eigenvalue weighted by molar-refractivity contribution is 0.475. The highest BCUT2D eigenvalue weighted by molar-refractivity contribution is 7.80. The summed E-state index contributed by atoms with van der Waals surface area (Å²) in [6.07, 6.45) is 1.80. The van der Waals surface area contributed by atoms with E-state index in [1.807, 2.05) is 49.4 Å². The van der Waals surface area contributed by atoms with Gasteiger partial charge in [0.2, 0.25) is 0 Å². The van der Waals surface area contributed by atoms with E-state index in [0.29, 0.717) is 5.11 Å². The smallest absolute Gasteiger partial charge is 0.174 e. The maximum absolute atomic E-state index is 9.85. The van der Waals surface area contributed by atoms with Crippen molar-refractivity contribution in [1.29, 1.82) is 0 Å². The number of hydrogen-bond acceptors (Lipinski definition) is 3. The van der Waals surface area contributed by atoms with Gasteiger partial charge >= 0.3 is 0 Å². The molecule has 0 amide bonds. The molecule has 0 radical (unpaired) electrons. The Bertz CT molecular complexity index is 1370. The maximum atomic E-state index is 9.85. The quantitative estimate of drug-likeness (QED) is 0.328. The van der Waals surface area contributed by atoms with Gasteiger partial charge < -0.3 is 19.9 Å². The molecule has 2 aromatic heterocycles. The first-order chi connectivity index (χ1) is 16.4. The summed E-state index contributed by atoms with van der Waals surface area (Å²) in [5.74, 6) is 0.217. The zero-order chi connectivity index (χ0) is 24.0. The van der Waals surface area contributed by atoms with Crippen LogP contribution in [0, 0.1) is 20.8 Å². The van der Waals surface area contributed by atoms with Crippen molar-refractivity contribution in [3.63, 3.8) is 0 Å². The van der Waals surface area contributed by atoms with E-state index in [0.717, 1.165) is 44.6 Å². The van der Waals surface area contributed by atoms with E-state index in [9.17, 15) is 5.11 Å². The number of aromatic hydroxyl groups is 1. The van der Waals surface area contributed by atoms with Crippen molar-refractivity contribution in [2.45, 2.75) is 32.9 Å². The lowest BCUT2D eigenvalue weighted by Gasteiger charge is -2.28. The number of rotatable bonds is 4. The summed E-state index contributed by atoms with van der Waals surface area (Å²) in [6, 6.07) is 21.0. The molecule has 5 nitrogen and oxygen atoms in total. The van der Waals surface area contributed by atoms with Gasteiger partial charge in [-0.25, -0.2) is 0 Å². The van der Waals surface area contributed by atoms with Gasteiger partial charge in [-0.3, -0.25) is 4.98 Å². The van der Waals surface area contributed by atoms with Crippen LogP contribution >= 0.6 is 23.8 Å². The summed E-state index contributed by atoms with van der Waals surface area (Å²) in [5, 5.41) is 14.7. The SMILES string of the molecule is Cc1c(Cl)cccc1-n1c(C)cc(C2C(c3ccccn3)NC(=S)N2c2ccc(O)cc2)c1C. The molecule has 4 aromatic rings. The number of nitrogens with one attached hydrogen (secondary N) is 1. The normalized spacial score (nSPS) is 17.8. The average molecular weight is 489 g/mol. The fraction of sp³-hybridized carbons (Fsp3) is 0.185. The number of nitrogens with zero attached hydrogens (tertiary/aromatic N) is 3. The molecular formula is C27H25ClN4OS. The molecule has 1 saturated heterocycles. The molecule has 2 aromatic carbocycles. The number of phenols is 1. The molecule has 5 rings (SSSR count). The van der Waals surface area contributed by atoms with Crippen LogP contribution in [-0.2, 0) is 0 Å². The molecule has 2 unspecified atom stereocenters. The van der Waals surface area contributed by atoms with Gasteiger partial charge in [0, 0.05) is 34.0 Å². The highest BCUT2D eigenvalue weighted by Crippen LogP contribution is 2.44. The van der Waals surface area contributed by atoms with Crippen molar-refractivity contribution >= 4 is 34.6 Å². The second-order valence-corrected chi connectivity index (χ2v) is 9.35. The minimum Gasteiger partial charge on any atom is -0.508 e. The van der Waals surface area contributed by atoms with Crippen molar-refractivity contribution in [2.24, 2.45) is 0 Å². The summed E-state index contributed by atoms with van der Waals surface area (Å²) in [4.78, 5) is 6.76. The van der Waals surface area contributed by atoms with Crippen LogP contribution in [-0.4, -0.2) is 19.8 Å². The molecule has 0 saturated carbocycles. The molecule has 7 heteroatoms. The predicted octanol–water partition coefficient (Wildman–Crippen LogP) is 6.33. The summed E-state index contributed by atoms with van der Waals surface area (Å²) in [5.41, 5.74) is 7.29. The Morgan fingerprint density at radius 2 is 1.76 bits per heavy atom. The minimum atomic E-state index is -0.142. The summed E-state index contributed by atoms with van der Waals surface area (Å²) in [7, 11) is 0. The van der Waals surface area contributed by atoms with E-state index in [1.165, 1.54) is 0 Å². The number of anilines is 1. The molecule has 1 aliphatic heterocycles. The van der Waals surface area contributed by atoms with Gasteiger partial charge in [0.05, 0.1) is 17.8 Å². The number of benzene rings is 2. The van der Waals surface area contributed by atoms with E-state index in [1.54, 1.807) is 18.3 Å². The Kier molecular flexibility index (Phi) is 5.80. The van der Waals surface area contributed by atoms with Crippen molar-refractivity contribution in [1.82, 2.24) is 14.9 Å². The van der Waals surface area contributed by atoms with Gasteiger partial charge in [0.25, 0.3) is 0 Å². The average Bonchev–Trinajstić information content (AvgIpc) is 3.32. The van der Waals surface area contributed by atoms with E-state index >= 15 is 0 Å². The van der Waals surface area contributed by atoms with Crippen LogP contribution in [0.4, 0.5) is 5.69 Å². The minimum absolute atomic E-state index is 0.133. The number of pyridine rings is 1. The van der Waals surface area contributed by atoms with E-state index < -0.39 is 0 Å². The van der Waals surface area contributed by atoms with Crippen LogP contribution in [0.1, 0.15) is 40.3 Å². The molecule has 34 heavy (non-hydrogen) atoms. The van der Waals surface area contributed by atoms with E-state index in [-0.39, 0.29) is 17.8 Å². The second-order valence-electron chi connectivity index (χ2n) is 8.56. The molecule has 1 fully saturated rings. The number of aromatic nitrogens is 2. The molecule has 0 spiro atoms. The molecule has 0 bridgehead atoms. The maximum Gasteiger partial charge on any atom is 0.174 e. The Morgan fingerprint density at radius 3 is 2.47 bits per heavy atom. The first kappa shape index (κ1) is 22.4. The van der Waals surface area contributed by atoms with Crippen molar-refractivity contribution in [3.05, 3.63) is 106 Å². The van der Waals surface area contributed by atoms with Crippen LogP contribution in [0.15, 0.2) is 72.9 Å². The third kappa shape index (κ3) is 3.73. The Balaban J connectivity index is 1.70. The highest BCUT2D eigenvalue weighted by Gasteiger charge is 2.42. The summed E-state index contributed by atoms with van der Waals surface area (Å²) in [6.45, 7) is 6.29. The van der Waals surface area contributed by atoms with Crippen LogP contribution in [0.25, 0.3) is 5.69 Å². The number of thiocarbonyl (C=S) groups is 1. The molecule has 2 N–H and O–H groups in total. The van der Waals surface area contributed by atoms with Crippen LogP contribution in [0.3, 0.4) is 0 Å². The van der Waals surface area contributed by atoms with Gasteiger partial charge in [-0.1, -0.05) is 23.7 Å². The molecule has 0 aliphatic carbocycles. The molecule has 2 atom stereocenters. The predicted molar refractivity (Wildman–Crippen MR) is 141 cm³/mol. The summed E-state index contributed by atoms with van der Waals surface area (Å²) >= 11 is 12.3. The van der Waals surface area contributed by atoms with Crippen LogP contribution in [0.2, 0.25) is 5.02 Å². The summed E-state index contributed by atoms with van der Waals surface area (Å²) < 4.78 is 2.25.